The van der Waals surface area contributed by atoms with Gasteiger partial charge in [-0.3, -0.25) is 9.35 Å². The first-order valence-electron chi connectivity index (χ1n) is 4.36. The number of hydrogen-bond donors (Lipinski definition) is 3. The van der Waals surface area contributed by atoms with Crippen LogP contribution in [0.25, 0.3) is 0 Å². The molecule has 7 nitrogen and oxygen atoms in total. The van der Waals surface area contributed by atoms with Gasteiger partial charge in [0.25, 0.3) is 10.1 Å². The molecule has 0 unspecified atom stereocenters. The first kappa shape index (κ1) is 14.9. The fourth-order valence-electron chi connectivity index (χ4n) is 0.811. The van der Waals surface area contributed by atoms with Crippen LogP contribution >= 0.6 is 0 Å². The van der Waals surface area contributed by atoms with Crippen LogP contribution in [0.4, 0.5) is 0 Å². The van der Waals surface area contributed by atoms with Gasteiger partial charge in [0.05, 0.1) is 12.4 Å². The number of hydrogen-bond acceptors (Lipinski definition) is 5. The Labute approximate surface area is 94.1 Å². The Morgan fingerprint density at radius 3 is 2.75 bits per heavy atom. The zero-order chi connectivity index (χ0) is 12.6. The lowest BCUT2D eigenvalue weighted by Gasteiger charge is -2.10. The van der Waals surface area contributed by atoms with Crippen LogP contribution in [0.15, 0.2) is 0 Å². The maximum absolute atomic E-state index is 11.1. The number of amides is 1. The molecule has 0 radical (unpaired) electrons. The van der Waals surface area contributed by atoms with Crippen molar-refractivity contribution in [2.24, 2.45) is 5.73 Å². The third-order valence-corrected chi connectivity index (χ3v) is 2.24. The fraction of sp³-hybridized carbons (Fsp3) is 0.625. The minimum Gasteiger partial charge on any atom is -0.367 e. The Bertz CT molecular complexity index is 359. The maximum atomic E-state index is 11.1. The summed E-state index contributed by atoms with van der Waals surface area (Å²) in [7, 11) is -4.25. The summed E-state index contributed by atoms with van der Waals surface area (Å²) in [4.78, 5) is 11.1. The zero-order valence-electron chi connectivity index (χ0n) is 8.55. The van der Waals surface area contributed by atoms with Crippen LogP contribution < -0.4 is 11.1 Å². The number of ether oxygens (including phenoxy) is 1. The van der Waals surface area contributed by atoms with Crippen LogP contribution in [0.5, 0.6) is 0 Å². The molecule has 0 aromatic carbocycles. The van der Waals surface area contributed by atoms with Gasteiger partial charge in [-0.15, -0.1) is 6.42 Å². The smallest absolute Gasteiger partial charge is 0.266 e. The molecule has 0 fully saturated rings. The van der Waals surface area contributed by atoms with Gasteiger partial charge < -0.3 is 15.8 Å². The van der Waals surface area contributed by atoms with Crippen molar-refractivity contribution in [3.63, 3.8) is 0 Å². The number of carbonyl (C=O) groups is 1. The molecule has 1 atom stereocenters. The number of terminal acetylenes is 1. The topological polar surface area (TPSA) is 119 Å². The number of nitrogens with one attached hydrogen (secondary N) is 1. The van der Waals surface area contributed by atoms with E-state index in [1.807, 2.05) is 0 Å². The van der Waals surface area contributed by atoms with Crippen molar-refractivity contribution in [3.05, 3.63) is 0 Å². The minimum atomic E-state index is -4.25. The number of carbonyl (C=O) groups excluding carboxylic acids is 1. The highest BCUT2D eigenvalue weighted by atomic mass is 32.2. The molecule has 92 valence electrons. The Hall–Kier alpha value is -1.14. The molecule has 0 aliphatic rings. The van der Waals surface area contributed by atoms with Crippen LogP contribution in [0.3, 0.4) is 0 Å². The van der Waals surface area contributed by atoms with Crippen molar-refractivity contribution >= 4 is 16.0 Å². The van der Waals surface area contributed by atoms with E-state index in [0.717, 1.165) is 0 Å². The molecule has 4 N–H and O–H groups in total. The molecule has 16 heavy (non-hydrogen) atoms. The highest BCUT2D eigenvalue weighted by Gasteiger charge is 2.19. The fourth-order valence-corrected chi connectivity index (χ4v) is 1.42. The minimum absolute atomic E-state index is 0.132. The van der Waals surface area contributed by atoms with Gasteiger partial charge >= 0.3 is 0 Å². The molecule has 0 spiro atoms. The molecule has 8 heteroatoms. The SMILES string of the molecule is C#CCOCCNC(=O)[C@@H](N)CS(=O)(=O)O. The summed E-state index contributed by atoms with van der Waals surface area (Å²) in [6, 6.07) is -1.30. The normalized spacial score (nSPS) is 12.8. The Kier molecular flexibility index (Phi) is 6.67. The first-order chi connectivity index (χ1) is 7.37. The summed E-state index contributed by atoms with van der Waals surface area (Å²) in [5.41, 5.74) is 5.22. The van der Waals surface area contributed by atoms with E-state index >= 15 is 0 Å². The predicted molar refractivity (Wildman–Crippen MR) is 57.1 cm³/mol. The standard InChI is InChI=1S/C8H14N2O5S/c1-2-4-15-5-3-10-8(11)7(9)6-16(12,13)14/h1,7H,3-6,9H2,(H,10,11)(H,12,13,14)/t7-/m0/s1. The molecule has 0 aliphatic heterocycles. The Morgan fingerprint density at radius 1 is 1.62 bits per heavy atom. The van der Waals surface area contributed by atoms with Crippen LogP contribution in [-0.4, -0.2) is 50.4 Å². The molecular formula is C8H14N2O5S. The summed E-state index contributed by atoms with van der Waals surface area (Å²) >= 11 is 0. The van der Waals surface area contributed by atoms with Gasteiger partial charge in [0.1, 0.15) is 12.6 Å². The average Bonchev–Trinajstić information content (AvgIpc) is 2.14. The maximum Gasteiger partial charge on any atom is 0.266 e. The second-order valence-electron chi connectivity index (χ2n) is 2.90. The second kappa shape index (κ2) is 7.19. The highest BCUT2D eigenvalue weighted by Crippen LogP contribution is 1.87. The van der Waals surface area contributed by atoms with Gasteiger partial charge in [0, 0.05) is 6.54 Å². The van der Waals surface area contributed by atoms with Gasteiger partial charge in [-0.05, 0) is 0 Å². The number of rotatable bonds is 7. The van der Waals surface area contributed by atoms with Crippen molar-refractivity contribution in [3.8, 4) is 12.3 Å². The van der Waals surface area contributed by atoms with Gasteiger partial charge in [0.2, 0.25) is 5.91 Å². The lowest BCUT2D eigenvalue weighted by atomic mass is 10.3. The van der Waals surface area contributed by atoms with E-state index in [-0.39, 0.29) is 19.8 Å². The van der Waals surface area contributed by atoms with Crippen LogP contribution in [-0.2, 0) is 19.6 Å². The second-order valence-corrected chi connectivity index (χ2v) is 4.40. The molecule has 0 saturated heterocycles. The van der Waals surface area contributed by atoms with Gasteiger partial charge in [-0.25, -0.2) is 0 Å². The summed E-state index contributed by atoms with van der Waals surface area (Å²) in [5.74, 6) is 0.743. The molecular weight excluding hydrogens is 236 g/mol. The van der Waals surface area contributed by atoms with E-state index in [1.54, 1.807) is 0 Å². The molecule has 1 amide bonds. The van der Waals surface area contributed by atoms with Crippen molar-refractivity contribution in [1.82, 2.24) is 5.32 Å². The Morgan fingerprint density at radius 2 is 2.25 bits per heavy atom. The van der Waals surface area contributed by atoms with E-state index in [1.165, 1.54) is 0 Å². The van der Waals surface area contributed by atoms with Crippen LogP contribution in [0.2, 0.25) is 0 Å². The lowest BCUT2D eigenvalue weighted by molar-refractivity contribution is -0.122. The van der Waals surface area contributed by atoms with E-state index < -0.39 is 27.8 Å². The van der Waals surface area contributed by atoms with E-state index in [0.29, 0.717) is 0 Å². The van der Waals surface area contributed by atoms with Gasteiger partial charge in [0.15, 0.2) is 0 Å². The molecule has 0 aromatic rings. The van der Waals surface area contributed by atoms with Crippen LogP contribution in [0.1, 0.15) is 0 Å². The quantitative estimate of drug-likeness (QED) is 0.272. The van der Waals surface area contributed by atoms with Crippen molar-refractivity contribution in [2.75, 3.05) is 25.5 Å². The van der Waals surface area contributed by atoms with E-state index in [4.69, 9.17) is 21.4 Å². The largest absolute Gasteiger partial charge is 0.367 e. The summed E-state index contributed by atoms with van der Waals surface area (Å²) in [6.07, 6.45) is 4.91. The summed E-state index contributed by atoms with van der Waals surface area (Å²) in [6.45, 7) is 0.501. The van der Waals surface area contributed by atoms with Crippen molar-refractivity contribution in [1.29, 1.82) is 0 Å². The third kappa shape index (κ3) is 8.19. The molecule has 0 heterocycles. The third-order valence-electron chi connectivity index (χ3n) is 1.46. The van der Waals surface area contributed by atoms with Gasteiger partial charge in [-0.1, -0.05) is 5.92 Å². The van der Waals surface area contributed by atoms with E-state index in [2.05, 4.69) is 11.2 Å². The summed E-state index contributed by atoms with van der Waals surface area (Å²) < 4.78 is 34.1. The monoisotopic (exact) mass is 250 g/mol. The molecule has 0 aliphatic carbocycles. The number of nitrogens with two attached hydrogens (primary N) is 1. The first-order valence-corrected chi connectivity index (χ1v) is 5.97. The lowest BCUT2D eigenvalue weighted by Crippen LogP contribution is -2.45. The van der Waals surface area contributed by atoms with E-state index in [9.17, 15) is 13.2 Å². The zero-order valence-corrected chi connectivity index (χ0v) is 9.37. The van der Waals surface area contributed by atoms with Crippen molar-refractivity contribution in [2.45, 2.75) is 6.04 Å². The summed E-state index contributed by atoms with van der Waals surface area (Å²) in [5, 5.41) is 2.33. The average molecular weight is 250 g/mol. The van der Waals surface area contributed by atoms with Gasteiger partial charge in [-0.2, -0.15) is 8.42 Å². The molecule has 0 rings (SSSR count). The van der Waals surface area contributed by atoms with Crippen molar-refractivity contribution < 1.29 is 22.5 Å². The Balaban J connectivity index is 3.77. The highest BCUT2D eigenvalue weighted by molar-refractivity contribution is 7.85. The predicted octanol–water partition coefficient (Wildman–Crippen LogP) is -2.03. The molecule has 0 aromatic heterocycles. The van der Waals surface area contributed by atoms with Crippen LogP contribution in [0, 0.1) is 12.3 Å². The molecule has 0 bridgehead atoms. The molecule has 0 saturated carbocycles.